The van der Waals surface area contributed by atoms with E-state index in [2.05, 4.69) is 62.5 Å². The summed E-state index contributed by atoms with van der Waals surface area (Å²) in [6, 6.07) is 1.52. The number of halogens is 3. The van der Waals surface area contributed by atoms with Gasteiger partial charge in [0.15, 0.2) is 5.82 Å². The third kappa shape index (κ3) is 3.29. The molecular formula is C8H4Br3N3O2S2. The molecule has 2 aromatic heterocycles. The minimum Gasteiger partial charge on any atom is -0.262 e. The molecule has 0 amide bonds. The number of nitrogens with one attached hydrogen (secondary N) is 1. The second kappa shape index (κ2) is 5.53. The fraction of sp³-hybridized carbons (Fsp3) is 0. The molecule has 0 aromatic carbocycles. The van der Waals surface area contributed by atoms with Crippen LogP contribution in [0.2, 0.25) is 0 Å². The number of hydrogen-bond acceptors (Lipinski definition) is 5. The highest BCUT2D eigenvalue weighted by Crippen LogP contribution is 2.35. The van der Waals surface area contributed by atoms with Crippen LogP contribution >= 0.6 is 59.1 Å². The van der Waals surface area contributed by atoms with Gasteiger partial charge in [-0.15, -0.1) is 11.3 Å². The molecule has 0 aliphatic rings. The molecule has 0 unspecified atom stereocenters. The lowest BCUT2D eigenvalue weighted by atomic mass is 10.7. The summed E-state index contributed by atoms with van der Waals surface area (Å²) in [4.78, 5) is 7.95. The first-order valence-corrected chi connectivity index (χ1v) is 9.01. The lowest BCUT2D eigenvalue weighted by Gasteiger charge is -2.05. The highest BCUT2D eigenvalue weighted by molar-refractivity contribution is 9.12. The van der Waals surface area contributed by atoms with E-state index in [1.807, 2.05) is 0 Å². The van der Waals surface area contributed by atoms with Crippen LogP contribution in [0.25, 0.3) is 0 Å². The highest BCUT2D eigenvalue weighted by atomic mass is 79.9. The van der Waals surface area contributed by atoms with Gasteiger partial charge in [0.1, 0.15) is 9.50 Å². The molecule has 0 aliphatic carbocycles. The molecule has 0 saturated carbocycles. The van der Waals surface area contributed by atoms with Gasteiger partial charge in [0.05, 0.1) is 20.0 Å². The van der Waals surface area contributed by atoms with Crippen LogP contribution in [-0.2, 0) is 10.0 Å². The molecule has 96 valence electrons. The van der Waals surface area contributed by atoms with Crippen molar-refractivity contribution in [2.75, 3.05) is 4.72 Å². The summed E-state index contributed by atoms with van der Waals surface area (Å²) < 4.78 is 28.3. The van der Waals surface area contributed by atoms with Crippen LogP contribution in [0.4, 0.5) is 5.82 Å². The summed E-state index contributed by atoms with van der Waals surface area (Å²) >= 11 is 10.8. The van der Waals surface area contributed by atoms with E-state index in [-0.39, 0.29) is 10.7 Å². The van der Waals surface area contributed by atoms with Crippen molar-refractivity contribution in [3.8, 4) is 0 Å². The molecule has 1 N–H and O–H groups in total. The zero-order valence-electron chi connectivity index (χ0n) is 8.39. The van der Waals surface area contributed by atoms with Crippen LogP contribution in [0.15, 0.2) is 35.5 Å². The first-order chi connectivity index (χ1) is 8.38. The van der Waals surface area contributed by atoms with Crippen LogP contribution in [0, 0.1) is 0 Å². The maximum atomic E-state index is 12.1. The van der Waals surface area contributed by atoms with E-state index < -0.39 is 10.0 Å². The van der Waals surface area contributed by atoms with E-state index in [9.17, 15) is 8.42 Å². The Kier molecular flexibility index (Phi) is 4.42. The van der Waals surface area contributed by atoms with Gasteiger partial charge in [-0.3, -0.25) is 4.72 Å². The molecule has 2 rings (SSSR count). The van der Waals surface area contributed by atoms with E-state index in [0.29, 0.717) is 8.39 Å². The molecule has 0 aliphatic heterocycles. The number of rotatable bonds is 3. The third-order valence-corrected chi connectivity index (χ3v) is 6.29. The average molecular weight is 478 g/mol. The minimum absolute atomic E-state index is 0.157. The molecule has 18 heavy (non-hydrogen) atoms. The van der Waals surface area contributed by atoms with Gasteiger partial charge in [0, 0.05) is 0 Å². The molecule has 0 radical (unpaired) electrons. The number of nitrogens with zero attached hydrogens (tertiary/aromatic N) is 2. The van der Waals surface area contributed by atoms with Crippen molar-refractivity contribution >= 4 is 75.0 Å². The summed E-state index contributed by atoms with van der Waals surface area (Å²) in [5.41, 5.74) is 0. The topological polar surface area (TPSA) is 72.0 Å². The largest absolute Gasteiger partial charge is 0.265 e. The molecule has 5 nitrogen and oxygen atoms in total. The zero-order valence-corrected chi connectivity index (χ0v) is 14.8. The first-order valence-electron chi connectivity index (χ1n) is 4.34. The molecule has 0 fully saturated rings. The molecule has 10 heteroatoms. The lowest BCUT2D eigenvalue weighted by molar-refractivity contribution is 0.601. The zero-order chi connectivity index (χ0) is 13.3. The predicted octanol–water partition coefficient (Wildman–Crippen LogP) is 3.63. The maximum Gasteiger partial charge on any atom is 0.265 e. The van der Waals surface area contributed by atoms with Crippen LogP contribution in [0.5, 0.6) is 0 Å². The standard InChI is InChI=1S/C8H4Br3N3O2S2/c9-5-2-13-7(3-12-5)14-18(15,16)4-1-6(10)17-8(4)11/h1-3H,(H,13,14). The molecule has 0 saturated heterocycles. The maximum absolute atomic E-state index is 12.1. The van der Waals surface area contributed by atoms with Crippen molar-refractivity contribution in [1.82, 2.24) is 9.97 Å². The Balaban J connectivity index is 2.33. The highest BCUT2D eigenvalue weighted by Gasteiger charge is 2.21. The third-order valence-electron chi connectivity index (χ3n) is 1.77. The van der Waals surface area contributed by atoms with Crippen molar-refractivity contribution in [3.63, 3.8) is 0 Å². The van der Waals surface area contributed by atoms with Crippen LogP contribution < -0.4 is 4.72 Å². The number of sulfonamides is 1. The van der Waals surface area contributed by atoms with Crippen LogP contribution in [0.1, 0.15) is 0 Å². The molecule has 0 spiro atoms. The molecular weight excluding hydrogens is 474 g/mol. The van der Waals surface area contributed by atoms with Gasteiger partial charge in [-0.1, -0.05) is 0 Å². The van der Waals surface area contributed by atoms with E-state index in [0.717, 1.165) is 3.79 Å². The van der Waals surface area contributed by atoms with Crippen molar-refractivity contribution in [2.24, 2.45) is 0 Å². The summed E-state index contributed by atoms with van der Waals surface area (Å²) in [6.07, 6.45) is 2.74. The Morgan fingerprint density at radius 2 is 1.89 bits per heavy atom. The fourth-order valence-electron chi connectivity index (χ4n) is 1.07. The van der Waals surface area contributed by atoms with Gasteiger partial charge in [0.25, 0.3) is 10.0 Å². The molecule has 0 atom stereocenters. The Bertz CT molecular complexity index is 669. The second-order valence-electron chi connectivity index (χ2n) is 3.02. The van der Waals surface area contributed by atoms with Crippen molar-refractivity contribution in [1.29, 1.82) is 0 Å². The minimum atomic E-state index is -3.67. The molecule has 2 heterocycles. The van der Waals surface area contributed by atoms with Crippen LogP contribution in [0.3, 0.4) is 0 Å². The van der Waals surface area contributed by atoms with Gasteiger partial charge in [-0.2, -0.15) is 0 Å². The number of aromatic nitrogens is 2. The Labute approximate surface area is 132 Å². The predicted molar refractivity (Wildman–Crippen MR) is 80.3 cm³/mol. The van der Waals surface area contributed by atoms with Gasteiger partial charge in [-0.25, -0.2) is 18.4 Å². The Morgan fingerprint density at radius 1 is 1.17 bits per heavy atom. The summed E-state index contributed by atoms with van der Waals surface area (Å²) in [6.45, 7) is 0. The van der Waals surface area contributed by atoms with Gasteiger partial charge in [0.2, 0.25) is 0 Å². The van der Waals surface area contributed by atoms with Crippen molar-refractivity contribution < 1.29 is 8.42 Å². The SMILES string of the molecule is O=S(=O)(Nc1cnc(Br)cn1)c1cc(Br)sc1Br. The van der Waals surface area contributed by atoms with Gasteiger partial charge >= 0.3 is 0 Å². The van der Waals surface area contributed by atoms with Crippen LogP contribution in [-0.4, -0.2) is 18.4 Å². The normalized spacial score (nSPS) is 11.5. The quantitative estimate of drug-likeness (QED) is 0.732. The average Bonchev–Trinajstić information content (AvgIpc) is 2.62. The number of thiophene rings is 1. The molecule has 0 bridgehead atoms. The van der Waals surface area contributed by atoms with Crippen molar-refractivity contribution in [2.45, 2.75) is 4.90 Å². The lowest BCUT2D eigenvalue weighted by Crippen LogP contribution is -2.13. The smallest absolute Gasteiger partial charge is 0.262 e. The Morgan fingerprint density at radius 3 is 2.39 bits per heavy atom. The number of anilines is 1. The van der Waals surface area contributed by atoms with E-state index in [1.54, 1.807) is 0 Å². The summed E-state index contributed by atoms with van der Waals surface area (Å²) in [5.74, 6) is 0.160. The Hall–Kier alpha value is -0.0300. The summed E-state index contributed by atoms with van der Waals surface area (Å²) in [5, 5.41) is 0. The van der Waals surface area contributed by atoms with Gasteiger partial charge in [-0.05, 0) is 53.9 Å². The van der Waals surface area contributed by atoms with E-state index >= 15 is 0 Å². The molecule has 2 aromatic rings. The van der Waals surface area contributed by atoms with E-state index in [4.69, 9.17) is 0 Å². The second-order valence-corrected chi connectivity index (χ2v) is 9.23. The number of hydrogen-bond donors (Lipinski definition) is 1. The first kappa shape index (κ1) is 14.4. The van der Waals surface area contributed by atoms with E-state index in [1.165, 1.54) is 29.8 Å². The summed E-state index contributed by atoms with van der Waals surface area (Å²) in [7, 11) is -3.67. The van der Waals surface area contributed by atoms with Gasteiger partial charge < -0.3 is 0 Å². The fourth-order valence-corrected chi connectivity index (χ4v) is 6.08. The monoisotopic (exact) mass is 475 g/mol. The van der Waals surface area contributed by atoms with Crippen molar-refractivity contribution in [3.05, 3.63) is 30.6 Å².